The predicted molar refractivity (Wildman–Crippen MR) is 106 cm³/mol. The number of phenolic OH excluding ortho intramolecular Hbond substituents is 1. The number of nitrogens with zero attached hydrogens (tertiary/aromatic N) is 2. The number of rotatable bonds is 5. The lowest BCUT2D eigenvalue weighted by Gasteiger charge is -2.22. The van der Waals surface area contributed by atoms with Crippen molar-refractivity contribution in [1.29, 1.82) is 0 Å². The standard InChI is InChI=1S/C20H20N4O2S/c1-2-3-12-27-20-22-19(26)17-15-6-4-5-7-16(15)21-18(24(17)23-20)13-8-10-14(25)11-9-13/h4-11,18H,2-3,12H2,1H3,(H2,22,23,25,26)/p+1/t18-/m0/s1. The van der Waals surface area contributed by atoms with Crippen LogP contribution in [0.25, 0.3) is 11.3 Å². The maximum absolute atomic E-state index is 12.9. The molecule has 2 aromatic carbocycles. The van der Waals surface area contributed by atoms with Crippen molar-refractivity contribution in [2.45, 2.75) is 31.1 Å². The van der Waals surface area contributed by atoms with Crippen molar-refractivity contribution < 1.29 is 9.79 Å². The summed E-state index contributed by atoms with van der Waals surface area (Å²) < 4.78 is 1.75. The fourth-order valence-corrected chi connectivity index (χ4v) is 4.09. The second kappa shape index (κ2) is 7.44. The van der Waals surface area contributed by atoms with Crippen LogP contribution in [0.3, 0.4) is 0 Å². The van der Waals surface area contributed by atoms with Gasteiger partial charge in [0.2, 0.25) is 5.16 Å². The Kier molecular flexibility index (Phi) is 4.85. The average molecular weight is 381 g/mol. The number of H-pyrrole nitrogens is 1. The molecule has 0 saturated heterocycles. The van der Waals surface area contributed by atoms with Crippen LogP contribution in [0.4, 0.5) is 5.69 Å². The van der Waals surface area contributed by atoms with Crippen LogP contribution < -0.4 is 15.6 Å². The van der Waals surface area contributed by atoms with Crippen molar-refractivity contribution in [1.82, 2.24) is 10.1 Å². The van der Waals surface area contributed by atoms with Gasteiger partial charge in [0.05, 0.1) is 11.3 Å². The molecule has 3 N–H and O–H groups in total. The molecule has 0 bridgehead atoms. The van der Waals surface area contributed by atoms with Crippen molar-refractivity contribution in [3.8, 4) is 17.0 Å². The van der Waals surface area contributed by atoms with E-state index >= 15 is 0 Å². The molecule has 0 amide bonds. The van der Waals surface area contributed by atoms with E-state index in [1.54, 1.807) is 28.6 Å². The predicted octanol–water partition coefficient (Wildman–Crippen LogP) is 3.29. The SMILES string of the molecule is CCCCSc1n[n+]2c(c(=O)[nH]1)-c1ccccc1N[C@@H]2c1ccc(O)cc1. The number of benzene rings is 2. The summed E-state index contributed by atoms with van der Waals surface area (Å²) in [6.45, 7) is 2.14. The molecule has 27 heavy (non-hydrogen) atoms. The molecule has 7 heteroatoms. The van der Waals surface area contributed by atoms with E-state index in [4.69, 9.17) is 5.10 Å². The number of anilines is 1. The molecule has 0 radical (unpaired) electrons. The van der Waals surface area contributed by atoms with Gasteiger partial charge in [0.25, 0.3) is 6.17 Å². The highest BCUT2D eigenvalue weighted by atomic mass is 32.2. The molecule has 2 heterocycles. The summed E-state index contributed by atoms with van der Waals surface area (Å²) in [6, 6.07) is 14.7. The lowest BCUT2D eigenvalue weighted by molar-refractivity contribution is -0.759. The fourth-order valence-electron chi connectivity index (χ4n) is 3.15. The number of aromatic amines is 1. The van der Waals surface area contributed by atoms with Gasteiger partial charge in [-0.15, -0.1) is 0 Å². The molecule has 1 atom stereocenters. The van der Waals surface area contributed by atoms with Crippen LogP contribution >= 0.6 is 11.8 Å². The van der Waals surface area contributed by atoms with Crippen molar-refractivity contribution in [3.05, 3.63) is 64.4 Å². The summed E-state index contributed by atoms with van der Waals surface area (Å²) in [5, 5.41) is 18.4. The quantitative estimate of drug-likeness (QED) is 0.359. The molecule has 0 fully saturated rings. The van der Waals surface area contributed by atoms with Crippen LogP contribution in [-0.4, -0.2) is 20.9 Å². The topological polar surface area (TPSA) is 81.9 Å². The smallest absolute Gasteiger partial charge is 0.325 e. The van der Waals surface area contributed by atoms with Gasteiger partial charge in [-0.25, -0.2) is 0 Å². The number of fused-ring (bicyclic) bond motifs is 3. The zero-order chi connectivity index (χ0) is 18.8. The van der Waals surface area contributed by atoms with E-state index in [1.165, 1.54) is 0 Å². The third-order valence-electron chi connectivity index (χ3n) is 4.53. The summed E-state index contributed by atoms with van der Waals surface area (Å²) in [4.78, 5) is 15.8. The molecule has 0 saturated carbocycles. The molecule has 6 nitrogen and oxygen atoms in total. The van der Waals surface area contributed by atoms with Crippen LogP contribution in [0.2, 0.25) is 0 Å². The number of thioether (sulfide) groups is 1. The highest BCUT2D eigenvalue weighted by Crippen LogP contribution is 2.31. The Hall–Kier alpha value is -2.80. The number of unbranched alkanes of at least 4 members (excludes halogenated alkanes) is 1. The second-order valence-electron chi connectivity index (χ2n) is 6.44. The first-order chi connectivity index (χ1) is 13.2. The first kappa shape index (κ1) is 17.6. The van der Waals surface area contributed by atoms with Crippen molar-refractivity contribution in [3.63, 3.8) is 0 Å². The molecule has 1 aromatic heterocycles. The van der Waals surface area contributed by atoms with Crippen molar-refractivity contribution >= 4 is 17.4 Å². The number of nitrogens with one attached hydrogen (secondary N) is 2. The minimum Gasteiger partial charge on any atom is -0.508 e. The Bertz CT molecular complexity index is 1020. The Balaban J connectivity index is 1.85. The Labute approximate surface area is 161 Å². The lowest BCUT2D eigenvalue weighted by Crippen LogP contribution is -2.55. The zero-order valence-corrected chi connectivity index (χ0v) is 15.8. The van der Waals surface area contributed by atoms with E-state index in [0.29, 0.717) is 10.9 Å². The van der Waals surface area contributed by atoms with Gasteiger partial charge >= 0.3 is 11.3 Å². The number of aromatic hydroxyl groups is 1. The third kappa shape index (κ3) is 3.42. The number of hydrogen-bond acceptors (Lipinski definition) is 5. The van der Waals surface area contributed by atoms with Gasteiger partial charge in [0.15, 0.2) is 0 Å². The molecule has 0 aliphatic carbocycles. The minimum atomic E-state index is -0.330. The normalized spacial score (nSPS) is 14.9. The van der Waals surface area contributed by atoms with E-state index in [2.05, 4.69) is 17.2 Å². The molecule has 1 aliphatic heterocycles. The molecule has 0 unspecified atom stereocenters. The fraction of sp³-hybridized carbons (Fsp3) is 0.250. The van der Waals surface area contributed by atoms with Crippen LogP contribution in [0.1, 0.15) is 31.5 Å². The number of para-hydroxylation sites is 1. The maximum Gasteiger partial charge on any atom is 0.325 e. The highest BCUT2D eigenvalue weighted by molar-refractivity contribution is 7.99. The molecular weight excluding hydrogens is 360 g/mol. The molecule has 4 rings (SSSR count). The second-order valence-corrected chi connectivity index (χ2v) is 7.52. The first-order valence-electron chi connectivity index (χ1n) is 9.01. The maximum atomic E-state index is 12.9. The lowest BCUT2D eigenvalue weighted by atomic mass is 10.0. The third-order valence-corrected chi connectivity index (χ3v) is 5.48. The van der Waals surface area contributed by atoms with Gasteiger partial charge in [-0.3, -0.25) is 9.78 Å². The van der Waals surface area contributed by atoms with Gasteiger partial charge in [0, 0.05) is 16.4 Å². The van der Waals surface area contributed by atoms with E-state index in [9.17, 15) is 9.90 Å². The van der Waals surface area contributed by atoms with Gasteiger partial charge in [0.1, 0.15) is 5.75 Å². The average Bonchev–Trinajstić information content (AvgIpc) is 2.68. The zero-order valence-electron chi connectivity index (χ0n) is 15.0. The highest BCUT2D eigenvalue weighted by Gasteiger charge is 2.37. The number of phenols is 1. The van der Waals surface area contributed by atoms with Crippen LogP contribution in [0, 0.1) is 0 Å². The van der Waals surface area contributed by atoms with E-state index in [-0.39, 0.29) is 17.5 Å². The summed E-state index contributed by atoms with van der Waals surface area (Å²) in [6.07, 6.45) is 1.84. The monoisotopic (exact) mass is 381 g/mol. The van der Waals surface area contributed by atoms with Gasteiger partial charge in [-0.05, 0) is 47.5 Å². The Morgan fingerprint density at radius 1 is 1.19 bits per heavy atom. The van der Waals surface area contributed by atoms with Crippen molar-refractivity contribution in [2.24, 2.45) is 0 Å². The number of hydrogen-bond donors (Lipinski definition) is 3. The van der Waals surface area contributed by atoms with E-state index in [0.717, 1.165) is 35.4 Å². The Morgan fingerprint density at radius 2 is 1.96 bits per heavy atom. The molecular formula is C20H21N4O2S+. The van der Waals surface area contributed by atoms with Gasteiger partial charge in [-0.2, -0.15) is 0 Å². The summed E-state index contributed by atoms with van der Waals surface area (Å²) in [7, 11) is 0. The van der Waals surface area contributed by atoms with E-state index in [1.807, 2.05) is 36.4 Å². The summed E-state index contributed by atoms with van der Waals surface area (Å²) >= 11 is 1.56. The van der Waals surface area contributed by atoms with Gasteiger partial charge in [-0.1, -0.05) is 37.2 Å². The molecule has 0 spiro atoms. The van der Waals surface area contributed by atoms with E-state index < -0.39 is 0 Å². The Morgan fingerprint density at radius 3 is 2.74 bits per heavy atom. The van der Waals surface area contributed by atoms with Crippen LogP contribution in [0.5, 0.6) is 5.75 Å². The summed E-state index contributed by atoms with van der Waals surface area (Å²) in [5.41, 5.74) is 3.00. The van der Waals surface area contributed by atoms with Gasteiger partial charge < -0.3 is 10.4 Å². The summed E-state index contributed by atoms with van der Waals surface area (Å²) in [5.74, 6) is 1.11. The molecule has 138 valence electrons. The first-order valence-corrected chi connectivity index (χ1v) is 9.99. The molecule has 1 aliphatic rings. The largest absolute Gasteiger partial charge is 0.508 e. The molecule has 3 aromatic rings. The number of aromatic nitrogens is 3. The van der Waals surface area contributed by atoms with Crippen molar-refractivity contribution in [2.75, 3.05) is 11.1 Å². The van der Waals surface area contributed by atoms with Crippen LogP contribution in [-0.2, 0) is 0 Å². The minimum absolute atomic E-state index is 0.151. The van der Waals surface area contributed by atoms with Crippen LogP contribution in [0.15, 0.2) is 58.5 Å².